The van der Waals surface area contributed by atoms with E-state index < -0.39 is 7.38 Å². The molecule has 0 N–H and O–H groups in total. The predicted molar refractivity (Wildman–Crippen MR) is 58.9 cm³/mol. The van der Waals surface area contributed by atoms with E-state index in [2.05, 4.69) is 45.1 Å². The molecule has 66 valence electrons. The summed E-state index contributed by atoms with van der Waals surface area (Å²) in [5, 5.41) is 1.36. The maximum absolute atomic E-state index is 6.37. The first-order valence-corrected chi connectivity index (χ1v) is 8.19. The molecule has 0 aliphatic heterocycles. The molecule has 0 spiro atoms. The Morgan fingerprint density at radius 2 is 1.75 bits per heavy atom. The quantitative estimate of drug-likeness (QED) is 0.481. The van der Waals surface area contributed by atoms with Crippen molar-refractivity contribution in [3.63, 3.8) is 0 Å². The lowest BCUT2D eigenvalue weighted by Gasteiger charge is -2.17. The van der Waals surface area contributed by atoms with Crippen LogP contribution >= 0.6 is 11.1 Å². The summed E-state index contributed by atoms with van der Waals surface area (Å²) in [6.45, 7) is 8.62. The molecule has 0 aliphatic carbocycles. The standard InChI is InChI=1S/C10H15ClSi/c1-8-6-5-7-10(9(8)2)12(3,4)11/h5-7H,1-4H3. The summed E-state index contributed by atoms with van der Waals surface area (Å²) in [6, 6.07) is 6.38. The van der Waals surface area contributed by atoms with Gasteiger partial charge in [0.1, 0.15) is 0 Å². The molecule has 0 saturated carbocycles. The number of benzene rings is 1. The van der Waals surface area contributed by atoms with Crippen LogP contribution in [-0.4, -0.2) is 7.38 Å². The highest BCUT2D eigenvalue weighted by atomic mass is 35.6. The van der Waals surface area contributed by atoms with Gasteiger partial charge in [-0.25, -0.2) is 0 Å². The monoisotopic (exact) mass is 198 g/mol. The van der Waals surface area contributed by atoms with Gasteiger partial charge in [0.25, 0.3) is 0 Å². The number of rotatable bonds is 1. The minimum atomic E-state index is -1.64. The van der Waals surface area contributed by atoms with Gasteiger partial charge in [-0.05, 0) is 30.2 Å². The normalized spacial score (nSPS) is 11.8. The first kappa shape index (κ1) is 9.81. The lowest BCUT2D eigenvalue weighted by atomic mass is 10.1. The fraction of sp³-hybridized carbons (Fsp3) is 0.400. The molecule has 0 fully saturated rings. The van der Waals surface area contributed by atoms with Crippen molar-refractivity contribution in [1.29, 1.82) is 0 Å². The molecule has 0 aliphatic rings. The second kappa shape index (κ2) is 3.23. The molecule has 2 heteroatoms. The van der Waals surface area contributed by atoms with Gasteiger partial charge >= 0.3 is 0 Å². The van der Waals surface area contributed by atoms with E-state index >= 15 is 0 Å². The van der Waals surface area contributed by atoms with E-state index in [0.717, 1.165) is 0 Å². The van der Waals surface area contributed by atoms with Crippen LogP contribution in [0.1, 0.15) is 11.1 Å². The van der Waals surface area contributed by atoms with Gasteiger partial charge < -0.3 is 0 Å². The zero-order valence-corrected chi connectivity index (χ0v) is 9.87. The van der Waals surface area contributed by atoms with Crippen molar-refractivity contribution in [3.8, 4) is 0 Å². The summed E-state index contributed by atoms with van der Waals surface area (Å²) in [6.07, 6.45) is 0. The lowest BCUT2D eigenvalue weighted by Crippen LogP contribution is -2.37. The minimum absolute atomic E-state index is 1.34. The van der Waals surface area contributed by atoms with Crippen molar-refractivity contribution in [3.05, 3.63) is 29.3 Å². The minimum Gasteiger partial charge on any atom is -0.162 e. The van der Waals surface area contributed by atoms with Crippen LogP contribution in [0.4, 0.5) is 0 Å². The Labute approximate surface area is 80.3 Å². The molecule has 1 aromatic carbocycles. The maximum atomic E-state index is 6.37. The van der Waals surface area contributed by atoms with Gasteiger partial charge in [-0.3, -0.25) is 0 Å². The fourth-order valence-corrected chi connectivity index (χ4v) is 3.59. The van der Waals surface area contributed by atoms with E-state index in [9.17, 15) is 0 Å². The summed E-state index contributed by atoms with van der Waals surface area (Å²) in [4.78, 5) is 0. The average molecular weight is 199 g/mol. The molecule has 0 atom stereocenters. The third-order valence-corrected chi connectivity index (χ3v) is 4.68. The first-order chi connectivity index (χ1) is 5.43. The smallest absolute Gasteiger partial charge is 0.162 e. The van der Waals surface area contributed by atoms with Crippen LogP contribution in [0, 0.1) is 13.8 Å². The second-order valence-corrected chi connectivity index (χ2v) is 10.0. The molecule has 0 unspecified atom stereocenters. The van der Waals surface area contributed by atoms with E-state index in [-0.39, 0.29) is 0 Å². The average Bonchev–Trinajstić information content (AvgIpc) is 1.92. The van der Waals surface area contributed by atoms with Gasteiger partial charge in [-0.15, -0.1) is 0 Å². The van der Waals surface area contributed by atoms with E-state index in [1.54, 1.807) is 0 Å². The highest BCUT2D eigenvalue weighted by molar-refractivity contribution is 7.26. The maximum Gasteiger partial charge on any atom is 0.181 e. The highest BCUT2D eigenvalue weighted by Gasteiger charge is 2.22. The molecule has 1 rings (SSSR count). The van der Waals surface area contributed by atoms with E-state index in [0.29, 0.717) is 0 Å². The number of hydrogen-bond donors (Lipinski definition) is 0. The SMILES string of the molecule is Cc1cccc([Si](C)(C)Cl)c1C. The van der Waals surface area contributed by atoms with E-state index in [1.165, 1.54) is 16.3 Å². The zero-order chi connectivity index (χ0) is 9.35. The van der Waals surface area contributed by atoms with Crippen LogP contribution in [0.2, 0.25) is 13.1 Å². The molecule has 12 heavy (non-hydrogen) atoms. The highest BCUT2D eigenvalue weighted by Crippen LogP contribution is 2.13. The van der Waals surface area contributed by atoms with Crippen molar-refractivity contribution in [1.82, 2.24) is 0 Å². The molecule has 0 nitrogen and oxygen atoms in total. The van der Waals surface area contributed by atoms with E-state index in [4.69, 9.17) is 11.1 Å². The van der Waals surface area contributed by atoms with Crippen LogP contribution < -0.4 is 5.19 Å². The van der Waals surface area contributed by atoms with Crippen molar-refractivity contribution < 1.29 is 0 Å². The van der Waals surface area contributed by atoms with Gasteiger partial charge in [-0.2, -0.15) is 11.1 Å². The Balaban J connectivity index is 3.26. The van der Waals surface area contributed by atoms with Gasteiger partial charge in [0, 0.05) is 0 Å². The fourth-order valence-electron chi connectivity index (χ4n) is 1.40. The molecule has 0 amide bonds. The Morgan fingerprint density at radius 3 is 2.17 bits per heavy atom. The van der Waals surface area contributed by atoms with Crippen LogP contribution in [0.25, 0.3) is 0 Å². The Hall–Kier alpha value is -0.273. The molecule has 0 aromatic heterocycles. The predicted octanol–water partition coefficient (Wildman–Crippen LogP) is 2.95. The Kier molecular flexibility index (Phi) is 2.64. The molecule has 0 saturated heterocycles. The summed E-state index contributed by atoms with van der Waals surface area (Å²) >= 11 is 6.37. The molecular weight excluding hydrogens is 184 g/mol. The van der Waals surface area contributed by atoms with Gasteiger partial charge in [-0.1, -0.05) is 31.3 Å². The van der Waals surface area contributed by atoms with Crippen molar-refractivity contribution >= 4 is 23.6 Å². The Bertz CT molecular complexity index is 286. The van der Waals surface area contributed by atoms with Crippen LogP contribution in [0.5, 0.6) is 0 Å². The number of aryl methyl sites for hydroxylation is 1. The molecule has 0 heterocycles. The lowest BCUT2D eigenvalue weighted by molar-refractivity contribution is 1.36. The molecule has 0 radical (unpaired) electrons. The topological polar surface area (TPSA) is 0 Å². The van der Waals surface area contributed by atoms with Crippen molar-refractivity contribution in [2.45, 2.75) is 26.9 Å². The first-order valence-electron chi connectivity index (χ1n) is 4.18. The largest absolute Gasteiger partial charge is 0.181 e. The molecular formula is C10H15ClSi. The molecule has 1 aromatic rings. The summed E-state index contributed by atoms with van der Waals surface area (Å²) in [5.41, 5.74) is 2.71. The molecule has 0 bridgehead atoms. The van der Waals surface area contributed by atoms with Crippen molar-refractivity contribution in [2.75, 3.05) is 0 Å². The summed E-state index contributed by atoms with van der Waals surface area (Å²) in [7, 11) is -1.64. The van der Waals surface area contributed by atoms with Gasteiger partial charge in [0.05, 0.1) is 0 Å². The zero-order valence-electron chi connectivity index (χ0n) is 8.11. The van der Waals surface area contributed by atoms with Crippen molar-refractivity contribution in [2.24, 2.45) is 0 Å². The number of halogens is 1. The summed E-state index contributed by atoms with van der Waals surface area (Å²) in [5.74, 6) is 0. The Morgan fingerprint density at radius 1 is 1.17 bits per heavy atom. The van der Waals surface area contributed by atoms with Gasteiger partial charge in [0.15, 0.2) is 7.38 Å². The number of hydrogen-bond acceptors (Lipinski definition) is 0. The van der Waals surface area contributed by atoms with E-state index in [1.807, 2.05) is 0 Å². The van der Waals surface area contributed by atoms with Crippen LogP contribution in [0.3, 0.4) is 0 Å². The second-order valence-electron chi connectivity index (χ2n) is 3.72. The summed E-state index contributed by atoms with van der Waals surface area (Å²) < 4.78 is 0. The third-order valence-electron chi connectivity index (χ3n) is 2.25. The van der Waals surface area contributed by atoms with Crippen LogP contribution in [-0.2, 0) is 0 Å². The van der Waals surface area contributed by atoms with Gasteiger partial charge in [0.2, 0.25) is 0 Å². The van der Waals surface area contributed by atoms with Crippen LogP contribution in [0.15, 0.2) is 18.2 Å². The third kappa shape index (κ3) is 1.90.